The lowest BCUT2D eigenvalue weighted by Crippen LogP contribution is -2.37. The largest absolute Gasteiger partial charge is 0.300 e. The topological polar surface area (TPSA) is 109 Å². The second-order valence-corrected chi connectivity index (χ2v) is 6.46. The van der Waals surface area contributed by atoms with Crippen LogP contribution in [0.5, 0.6) is 0 Å². The first-order valence-electron chi connectivity index (χ1n) is 6.25. The van der Waals surface area contributed by atoms with Crippen molar-refractivity contribution in [2.24, 2.45) is 11.8 Å². The van der Waals surface area contributed by atoms with Crippen molar-refractivity contribution in [1.82, 2.24) is 4.90 Å². The number of hydrogen-bond donors (Lipinski definition) is 1. The average molecular weight is 300 g/mol. The van der Waals surface area contributed by atoms with E-state index < -0.39 is 26.8 Å². The number of hydrogen-bond acceptors (Lipinski definition) is 5. The third kappa shape index (κ3) is 2.96. The molecule has 0 aromatic heterocycles. The van der Waals surface area contributed by atoms with Crippen LogP contribution < -0.4 is 0 Å². The monoisotopic (exact) mass is 300 g/mol. The fourth-order valence-electron chi connectivity index (χ4n) is 2.56. The van der Waals surface area contributed by atoms with Gasteiger partial charge in [0.25, 0.3) is 21.9 Å². The summed E-state index contributed by atoms with van der Waals surface area (Å²) in [6.07, 6.45) is 5.25. The predicted molar refractivity (Wildman–Crippen MR) is 67.5 cm³/mol. The van der Waals surface area contributed by atoms with Crippen LogP contribution in [0.15, 0.2) is 11.0 Å². The van der Waals surface area contributed by atoms with Gasteiger partial charge < -0.3 is 0 Å². The fraction of sp³-hybridized carbons (Fsp3) is 0.583. The van der Waals surface area contributed by atoms with Crippen LogP contribution in [0, 0.1) is 11.8 Å². The highest BCUT2D eigenvalue weighted by Gasteiger charge is 2.39. The molecule has 1 aliphatic carbocycles. The molecule has 0 aromatic rings. The lowest BCUT2D eigenvalue weighted by Gasteiger charge is -2.28. The summed E-state index contributed by atoms with van der Waals surface area (Å²) in [6, 6.07) is 0. The van der Waals surface area contributed by atoms with Gasteiger partial charge in [0.1, 0.15) is 0 Å². The van der Waals surface area contributed by atoms with Gasteiger partial charge in [-0.25, -0.2) is 0 Å². The van der Waals surface area contributed by atoms with Crippen molar-refractivity contribution in [1.29, 1.82) is 0 Å². The molecule has 2 aliphatic rings. The minimum absolute atomic E-state index is 0.0432. The summed E-state index contributed by atoms with van der Waals surface area (Å²) in [5.41, 5.74) is 0. The van der Waals surface area contributed by atoms with Crippen molar-refractivity contribution >= 4 is 28.2 Å². The summed E-state index contributed by atoms with van der Waals surface area (Å²) in [5.74, 6) is -1.77. The molecule has 0 aromatic carbocycles. The maximum atomic E-state index is 11.8. The Kier molecular flexibility index (Phi) is 4.05. The van der Waals surface area contributed by atoms with Gasteiger partial charge >= 0.3 is 0 Å². The lowest BCUT2D eigenvalue weighted by atomic mass is 9.82. The van der Waals surface area contributed by atoms with Crippen LogP contribution in [0.25, 0.3) is 0 Å². The molecule has 8 heteroatoms. The van der Waals surface area contributed by atoms with Gasteiger partial charge in [-0.15, -0.1) is 0 Å². The number of carbonyl (C=O) groups is 2. The SMILES string of the molecule is O=[C]C1CCC(CN2C(=O)C=C(S(=O)(=O)O)C2=O)CC1. The van der Waals surface area contributed by atoms with Crippen molar-refractivity contribution in [3.8, 4) is 0 Å². The summed E-state index contributed by atoms with van der Waals surface area (Å²) < 4.78 is 30.8. The maximum absolute atomic E-state index is 11.8. The van der Waals surface area contributed by atoms with Crippen LogP contribution in [-0.4, -0.2) is 42.5 Å². The molecule has 7 nitrogen and oxygen atoms in total. The van der Waals surface area contributed by atoms with Crippen LogP contribution in [0.1, 0.15) is 25.7 Å². The third-order valence-electron chi connectivity index (χ3n) is 3.71. The highest BCUT2D eigenvalue weighted by atomic mass is 32.2. The van der Waals surface area contributed by atoms with E-state index in [2.05, 4.69) is 0 Å². The Morgan fingerprint density at radius 1 is 1.25 bits per heavy atom. The van der Waals surface area contributed by atoms with Gasteiger partial charge in [-0.2, -0.15) is 8.42 Å². The zero-order valence-electron chi connectivity index (χ0n) is 10.6. The Morgan fingerprint density at radius 2 is 1.85 bits per heavy atom. The first-order valence-corrected chi connectivity index (χ1v) is 7.69. The Hall–Kier alpha value is -1.54. The van der Waals surface area contributed by atoms with Crippen LogP contribution in [0.2, 0.25) is 0 Å². The van der Waals surface area contributed by atoms with E-state index >= 15 is 0 Å². The Bertz CT molecular complexity index is 571. The van der Waals surface area contributed by atoms with Crippen molar-refractivity contribution in [2.45, 2.75) is 25.7 Å². The van der Waals surface area contributed by atoms with E-state index in [4.69, 9.17) is 4.55 Å². The van der Waals surface area contributed by atoms with Crippen molar-refractivity contribution in [3.63, 3.8) is 0 Å². The number of nitrogens with zero attached hydrogens (tertiary/aromatic N) is 1. The van der Waals surface area contributed by atoms with Gasteiger partial charge in [0.15, 0.2) is 4.91 Å². The molecule has 20 heavy (non-hydrogen) atoms. The maximum Gasteiger partial charge on any atom is 0.300 e. The Labute approximate surface area is 116 Å². The highest BCUT2D eigenvalue weighted by molar-refractivity contribution is 7.90. The Balaban J connectivity index is 2.01. The number of rotatable bonds is 4. The fourth-order valence-corrected chi connectivity index (χ4v) is 3.14. The first kappa shape index (κ1) is 14.9. The Morgan fingerprint density at radius 3 is 2.30 bits per heavy atom. The van der Waals surface area contributed by atoms with Crippen LogP contribution in [-0.2, 0) is 24.5 Å². The third-order valence-corrected chi connectivity index (χ3v) is 4.56. The summed E-state index contributed by atoms with van der Waals surface area (Å²) in [5, 5.41) is 0. The second kappa shape index (κ2) is 5.45. The molecule has 1 fully saturated rings. The number of amides is 2. The van der Waals surface area contributed by atoms with E-state index in [9.17, 15) is 22.8 Å². The molecule has 0 spiro atoms. The van der Waals surface area contributed by atoms with E-state index in [1.54, 1.807) is 0 Å². The van der Waals surface area contributed by atoms with E-state index in [-0.39, 0.29) is 18.4 Å². The van der Waals surface area contributed by atoms with E-state index in [1.807, 2.05) is 6.29 Å². The van der Waals surface area contributed by atoms with Gasteiger partial charge in [-0.05, 0) is 31.6 Å². The number of imide groups is 1. The predicted octanol–water partition coefficient (Wildman–Crippen LogP) is 0.0430. The summed E-state index contributed by atoms with van der Waals surface area (Å²) in [7, 11) is -4.67. The van der Waals surface area contributed by atoms with Crippen molar-refractivity contribution in [2.75, 3.05) is 6.54 Å². The second-order valence-electron chi connectivity index (χ2n) is 5.07. The van der Waals surface area contributed by atoms with E-state index in [0.717, 1.165) is 4.90 Å². The minimum Gasteiger partial charge on any atom is -0.291 e. The molecule has 1 N–H and O–H groups in total. The van der Waals surface area contributed by atoms with Gasteiger partial charge in [-0.3, -0.25) is 23.8 Å². The molecular formula is C12H14NO6S. The van der Waals surface area contributed by atoms with Crippen LogP contribution >= 0.6 is 0 Å². The van der Waals surface area contributed by atoms with Crippen molar-refractivity contribution in [3.05, 3.63) is 11.0 Å². The molecule has 1 heterocycles. The van der Waals surface area contributed by atoms with Gasteiger partial charge in [-0.1, -0.05) is 0 Å². The summed E-state index contributed by atoms with van der Waals surface area (Å²) >= 11 is 0. The molecule has 0 bridgehead atoms. The molecular weight excluding hydrogens is 286 g/mol. The quantitative estimate of drug-likeness (QED) is 0.580. The smallest absolute Gasteiger partial charge is 0.291 e. The van der Waals surface area contributed by atoms with Crippen LogP contribution in [0.4, 0.5) is 0 Å². The van der Waals surface area contributed by atoms with Crippen molar-refractivity contribution < 1.29 is 27.4 Å². The van der Waals surface area contributed by atoms with E-state index in [1.165, 1.54) is 0 Å². The molecule has 0 saturated heterocycles. The molecule has 0 unspecified atom stereocenters. The average Bonchev–Trinajstić information content (AvgIpc) is 2.67. The standard InChI is InChI=1S/C12H14NO6S/c14-7-9-3-1-8(2-4-9)6-13-11(15)5-10(12(13)16)20(17,18)19/h5,8-9H,1-4,6H2,(H,17,18,19). The van der Waals surface area contributed by atoms with Gasteiger partial charge in [0.2, 0.25) is 6.29 Å². The van der Waals surface area contributed by atoms with Crippen LogP contribution in [0.3, 0.4) is 0 Å². The van der Waals surface area contributed by atoms with E-state index in [0.29, 0.717) is 31.8 Å². The lowest BCUT2D eigenvalue weighted by molar-refractivity contribution is -0.137. The molecule has 1 radical (unpaired) electrons. The highest BCUT2D eigenvalue weighted by Crippen LogP contribution is 2.29. The normalized spacial score (nSPS) is 27.6. The molecule has 1 saturated carbocycles. The van der Waals surface area contributed by atoms with Gasteiger partial charge in [0.05, 0.1) is 0 Å². The van der Waals surface area contributed by atoms with Gasteiger partial charge in [0, 0.05) is 18.5 Å². The summed E-state index contributed by atoms with van der Waals surface area (Å²) in [4.78, 5) is 33.9. The molecule has 0 atom stereocenters. The zero-order valence-corrected chi connectivity index (χ0v) is 11.4. The molecule has 109 valence electrons. The minimum atomic E-state index is -4.67. The zero-order chi connectivity index (χ0) is 14.9. The molecule has 2 rings (SSSR count). The number of carbonyl (C=O) groups excluding carboxylic acids is 3. The first-order chi connectivity index (χ1) is 9.32. The molecule has 2 amide bonds. The summed E-state index contributed by atoms with van der Waals surface area (Å²) in [6.45, 7) is 0.110. The molecule has 1 aliphatic heterocycles.